The molecule has 0 spiro atoms. The Balaban J connectivity index is 2.07. The van der Waals surface area contributed by atoms with E-state index in [9.17, 15) is 0 Å². The lowest BCUT2D eigenvalue weighted by Crippen LogP contribution is -2.26. The van der Waals surface area contributed by atoms with E-state index in [0.29, 0.717) is 12.6 Å². The first-order chi connectivity index (χ1) is 6.79. The zero-order valence-electron chi connectivity index (χ0n) is 8.53. The molecule has 14 heavy (non-hydrogen) atoms. The number of hydrogen-bond acceptors (Lipinski definition) is 4. The monoisotopic (exact) mass is 195 g/mol. The fourth-order valence-electron chi connectivity index (χ4n) is 1.63. The number of aromatic nitrogens is 3. The number of nitrogens with one attached hydrogen (secondary N) is 1. The van der Waals surface area contributed by atoms with Crippen LogP contribution in [0.4, 0.5) is 5.95 Å². The predicted octanol–water partition coefficient (Wildman–Crippen LogP) is 0.373. The second-order valence-electron chi connectivity index (χ2n) is 3.80. The Labute approximate surface area is 83.7 Å². The number of hydrogen-bond donors (Lipinski definition) is 2. The first kappa shape index (κ1) is 9.45. The van der Waals surface area contributed by atoms with Gasteiger partial charge in [0.25, 0.3) is 0 Å². The third kappa shape index (κ3) is 1.87. The molecule has 3 N–H and O–H groups in total. The number of nitrogens with zero attached hydrogens (tertiary/aromatic N) is 3. The molecule has 1 aromatic heterocycles. The van der Waals surface area contributed by atoms with Crippen molar-refractivity contribution in [2.75, 3.05) is 11.9 Å². The van der Waals surface area contributed by atoms with Crippen LogP contribution < -0.4 is 11.1 Å². The van der Waals surface area contributed by atoms with Gasteiger partial charge in [0.2, 0.25) is 5.95 Å². The lowest BCUT2D eigenvalue weighted by Gasteiger charge is -2.20. The van der Waals surface area contributed by atoms with Crippen LogP contribution in [0, 0.1) is 0 Å². The standard InChI is InChI=1S/C9H17N5/c1-7-4-6-14-9(11-7)12-8(13-14)3-2-5-10/h7H,2-6,10H2,1H3,(H,11,12,13). The van der Waals surface area contributed by atoms with Crippen molar-refractivity contribution in [3.63, 3.8) is 0 Å². The summed E-state index contributed by atoms with van der Waals surface area (Å²) in [6.07, 6.45) is 2.96. The zero-order chi connectivity index (χ0) is 9.97. The Morgan fingerprint density at radius 2 is 2.50 bits per heavy atom. The average molecular weight is 195 g/mol. The summed E-state index contributed by atoms with van der Waals surface area (Å²) in [7, 11) is 0. The maximum Gasteiger partial charge on any atom is 0.221 e. The van der Waals surface area contributed by atoms with Crippen molar-refractivity contribution in [1.82, 2.24) is 14.8 Å². The zero-order valence-corrected chi connectivity index (χ0v) is 8.53. The second kappa shape index (κ2) is 3.96. The molecule has 5 nitrogen and oxygen atoms in total. The Morgan fingerprint density at radius 3 is 3.29 bits per heavy atom. The minimum atomic E-state index is 0.508. The fourth-order valence-corrected chi connectivity index (χ4v) is 1.63. The number of fused-ring (bicyclic) bond motifs is 1. The Morgan fingerprint density at radius 1 is 1.64 bits per heavy atom. The summed E-state index contributed by atoms with van der Waals surface area (Å²) in [6.45, 7) is 3.84. The van der Waals surface area contributed by atoms with Gasteiger partial charge in [-0.25, -0.2) is 4.68 Å². The summed E-state index contributed by atoms with van der Waals surface area (Å²) in [6, 6.07) is 0.508. The van der Waals surface area contributed by atoms with Gasteiger partial charge in [0.1, 0.15) is 0 Å². The second-order valence-corrected chi connectivity index (χ2v) is 3.80. The highest BCUT2D eigenvalue weighted by Gasteiger charge is 2.17. The summed E-state index contributed by atoms with van der Waals surface area (Å²) < 4.78 is 1.95. The van der Waals surface area contributed by atoms with E-state index in [0.717, 1.165) is 37.6 Å². The van der Waals surface area contributed by atoms with Crippen molar-refractivity contribution in [2.24, 2.45) is 5.73 Å². The van der Waals surface area contributed by atoms with Crippen LogP contribution in [-0.2, 0) is 13.0 Å². The maximum atomic E-state index is 5.44. The van der Waals surface area contributed by atoms with Crippen LogP contribution in [0.2, 0.25) is 0 Å². The molecule has 1 unspecified atom stereocenters. The van der Waals surface area contributed by atoms with Gasteiger partial charge in [-0.2, -0.15) is 10.1 Å². The van der Waals surface area contributed by atoms with Crippen LogP contribution in [0.1, 0.15) is 25.6 Å². The van der Waals surface area contributed by atoms with Gasteiger partial charge in [-0.15, -0.1) is 0 Å². The number of aryl methyl sites for hydroxylation is 2. The van der Waals surface area contributed by atoms with E-state index >= 15 is 0 Å². The van der Waals surface area contributed by atoms with Crippen LogP contribution in [0.3, 0.4) is 0 Å². The average Bonchev–Trinajstić information content (AvgIpc) is 2.56. The third-order valence-corrected chi connectivity index (χ3v) is 2.47. The van der Waals surface area contributed by atoms with E-state index in [4.69, 9.17) is 5.73 Å². The van der Waals surface area contributed by atoms with Gasteiger partial charge < -0.3 is 11.1 Å². The molecule has 2 rings (SSSR count). The van der Waals surface area contributed by atoms with E-state index in [1.54, 1.807) is 0 Å². The fraction of sp³-hybridized carbons (Fsp3) is 0.778. The minimum Gasteiger partial charge on any atom is -0.352 e. The molecule has 5 heteroatoms. The van der Waals surface area contributed by atoms with Crippen molar-refractivity contribution in [3.05, 3.63) is 5.82 Å². The summed E-state index contributed by atoms with van der Waals surface area (Å²) in [5, 5.41) is 7.72. The molecule has 78 valence electrons. The molecule has 1 aliphatic heterocycles. The first-order valence-electron chi connectivity index (χ1n) is 5.20. The van der Waals surface area contributed by atoms with Gasteiger partial charge in [0, 0.05) is 19.0 Å². The predicted molar refractivity (Wildman–Crippen MR) is 55.1 cm³/mol. The smallest absolute Gasteiger partial charge is 0.221 e. The van der Waals surface area contributed by atoms with Crippen LogP contribution in [-0.4, -0.2) is 27.4 Å². The number of rotatable bonds is 3. The quantitative estimate of drug-likeness (QED) is 0.731. The topological polar surface area (TPSA) is 68.8 Å². The van der Waals surface area contributed by atoms with E-state index < -0.39 is 0 Å². The largest absolute Gasteiger partial charge is 0.352 e. The maximum absolute atomic E-state index is 5.44. The summed E-state index contributed by atoms with van der Waals surface area (Å²) in [5.74, 6) is 1.82. The van der Waals surface area contributed by atoms with Crippen LogP contribution in [0.5, 0.6) is 0 Å². The lowest BCUT2D eigenvalue weighted by molar-refractivity contribution is 0.506. The number of anilines is 1. The molecular weight excluding hydrogens is 178 g/mol. The Bertz CT molecular complexity index is 306. The SMILES string of the molecule is CC1CCn2nc(CCCN)nc2N1. The first-order valence-corrected chi connectivity index (χ1v) is 5.20. The van der Waals surface area contributed by atoms with E-state index in [1.165, 1.54) is 0 Å². The molecule has 0 saturated heterocycles. The molecule has 0 aromatic carbocycles. The molecule has 0 fully saturated rings. The van der Waals surface area contributed by atoms with E-state index in [2.05, 4.69) is 22.3 Å². The highest BCUT2D eigenvalue weighted by atomic mass is 15.4. The lowest BCUT2D eigenvalue weighted by atomic mass is 10.2. The van der Waals surface area contributed by atoms with Crippen LogP contribution in [0.15, 0.2) is 0 Å². The van der Waals surface area contributed by atoms with Gasteiger partial charge in [-0.1, -0.05) is 0 Å². The van der Waals surface area contributed by atoms with Gasteiger partial charge in [0.15, 0.2) is 5.82 Å². The molecule has 1 aromatic rings. The van der Waals surface area contributed by atoms with Gasteiger partial charge >= 0.3 is 0 Å². The van der Waals surface area contributed by atoms with Crippen molar-refractivity contribution >= 4 is 5.95 Å². The third-order valence-electron chi connectivity index (χ3n) is 2.47. The molecule has 0 bridgehead atoms. The van der Waals surface area contributed by atoms with Crippen molar-refractivity contribution in [3.8, 4) is 0 Å². The minimum absolute atomic E-state index is 0.508. The summed E-state index contributed by atoms with van der Waals surface area (Å²) in [5.41, 5.74) is 5.44. The van der Waals surface area contributed by atoms with Crippen molar-refractivity contribution in [1.29, 1.82) is 0 Å². The summed E-state index contributed by atoms with van der Waals surface area (Å²) in [4.78, 5) is 4.42. The van der Waals surface area contributed by atoms with Crippen LogP contribution in [0.25, 0.3) is 0 Å². The molecular formula is C9H17N5. The van der Waals surface area contributed by atoms with Gasteiger partial charge in [-0.3, -0.25) is 0 Å². The van der Waals surface area contributed by atoms with Crippen molar-refractivity contribution < 1.29 is 0 Å². The molecule has 0 saturated carbocycles. The van der Waals surface area contributed by atoms with Crippen molar-refractivity contribution in [2.45, 2.75) is 38.8 Å². The van der Waals surface area contributed by atoms with Crippen LogP contribution >= 0.6 is 0 Å². The molecule has 2 heterocycles. The summed E-state index contributed by atoms with van der Waals surface area (Å²) >= 11 is 0. The van der Waals surface area contributed by atoms with Gasteiger partial charge in [-0.05, 0) is 26.3 Å². The normalized spacial score (nSPS) is 20.3. The molecule has 0 radical (unpaired) electrons. The number of nitrogens with two attached hydrogens (primary N) is 1. The highest BCUT2D eigenvalue weighted by Crippen LogP contribution is 2.15. The molecule has 0 amide bonds. The molecule has 1 atom stereocenters. The van der Waals surface area contributed by atoms with E-state index in [-0.39, 0.29) is 0 Å². The highest BCUT2D eigenvalue weighted by molar-refractivity contribution is 5.28. The van der Waals surface area contributed by atoms with Gasteiger partial charge in [0.05, 0.1) is 0 Å². The van der Waals surface area contributed by atoms with E-state index in [1.807, 2.05) is 4.68 Å². The molecule has 1 aliphatic rings. The molecule has 0 aliphatic carbocycles. The Kier molecular flexibility index (Phi) is 2.67. The Hall–Kier alpha value is -1.10.